The van der Waals surface area contributed by atoms with E-state index in [1.807, 2.05) is 18.7 Å². The van der Waals surface area contributed by atoms with Crippen molar-refractivity contribution in [2.75, 3.05) is 19.6 Å². The Hall–Kier alpha value is -1.49. The third-order valence-corrected chi connectivity index (χ3v) is 2.76. The summed E-state index contributed by atoms with van der Waals surface area (Å²) in [5.74, 6) is -0.0264. The first-order valence-corrected chi connectivity index (χ1v) is 5.49. The number of hydrogen-bond acceptors (Lipinski definition) is 4. The number of carbonyl (C=O) groups is 1. The van der Waals surface area contributed by atoms with E-state index in [0.717, 1.165) is 25.3 Å². The van der Waals surface area contributed by atoms with Gasteiger partial charge in [-0.15, -0.1) is 0 Å². The molecule has 2 rings (SSSR count). The van der Waals surface area contributed by atoms with Crippen molar-refractivity contribution in [2.45, 2.75) is 19.9 Å². The molecule has 0 aliphatic carbocycles. The highest BCUT2D eigenvalue weighted by atomic mass is 16.2. The lowest BCUT2D eigenvalue weighted by atomic mass is 10.2. The summed E-state index contributed by atoms with van der Waals surface area (Å²) in [4.78, 5) is 22.2. The normalized spacial score (nSPS) is 20.9. The summed E-state index contributed by atoms with van der Waals surface area (Å²) >= 11 is 0. The van der Waals surface area contributed by atoms with Crippen molar-refractivity contribution in [3.8, 4) is 0 Å². The van der Waals surface area contributed by atoms with Gasteiger partial charge in [-0.2, -0.15) is 0 Å². The van der Waals surface area contributed by atoms with E-state index in [-0.39, 0.29) is 11.9 Å². The van der Waals surface area contributed by atoms with Gasteiger partial charge in [0.2, 0.25) is 0 Å². The lowest BCUT2D eigenvalue weighted by molar-refractivity contribution is 0.0649. The standard InChI is InChI=1S/C11H16N4O/c1-8-5-14-10(7-13-8)11(16)15-4-3-12-6-9(15)2/h5,7,9,12H,3-4,6H2,1-2H3/t9-/m0/s1. The number of piperazine rings is 1. The molecule has 5 heteroatoms. The molecule has 86 valence electrons. The molecule has 1 atom stereocenters. The predicted octanol–water partition coefficient (Wildman–Crippen LogP) is 0.219. The van der Waals surface area contributed by atoms with Crippen molar-refractivity contribution in [2.24, 2.45) is 0 Å². The Kier molecular flexibility index (Phi) is 3.14. The van der Waals surface area contributed by atoms with Crippen molar-refractivity contribution in [3.63, 3.8) is 0 Å². The van der Waals surface area contributed by atoms with E-state index in [9.17, 15) is 4.79 Å². The highest BCUT2D eigenvalue weighted by molar-refractivity contribution is 5.92. The molecule has 0 saturated carbocycles. The van der Waals surface area contributed by atoms with Crippen LogP contribution in [0.3, 0.4) is 0 Å². The molecule has 5 nitrogen and oxygen atoms in total. The molecule has 1 aliphatic heterocycles. The summed E-state index contributed by atoms with van der Waals surface area (Å²) in [5, 5.41) is 3.25. The number of nitrogens with one attached hydrogen (secondary N) is 1. The zero-order valence-electron chi connectivity index (χ0n) is 9.60. The van der Waals surface area contributed by atoms with E-state index in [1.54, 1.807) is 12.4 Å². The molecule has 0 unspecified atom stereocenters. The van der Waals surface area contributed by atoms with Crippen LogP contribution < -0.4 is 5.32 Å². The van der Waals surface area contributed by atoms with Crippen LogP contribution >= 0.6 is 0 Å². The highest BCUT2D eigenvalue weighted by Crippen LogP contribution is 2.07. The number of carbonyl (C=O) groups excluding carboxylic acids is 1. The smallest absolute Gasteiger partial charge is 0.274 e. The average Bonchev–Trinajstić information content (AvgIpc) is 2.30. The molecule has 1 amide bonds. The van der Waals surface area contributed by atoms with Crippen LogP contribution in [0.2, 0.25) is 0 Å². The van der Waals surface area contributed by atoms with Gasteiger partial charge in [0.05, 0.1) is 11.9 Å². The first-order chi connectivity index (χ1) is 7.68. The topological polar surface area (TPSA) is 58.1 Å². The van der Waals surface area contributed by atoms with Crippen molar-refractivity contribution < 1.29 is 4.79 Å². The number of hydrogen-bond donors (Lipinski definition) is 1. The summed E-state index contributed by atoms with van der Waals surface area (Å²) in [5.41, 5.74) is 1.25. The Bertz CT molecular complexity index is 376. The Morgan fingerprint density at radius 3 is 2.94 bits per heavy atom. The maximum Gasteiger partial charge on any atom is 0.274 e. The molecule has 1 fully saturated rings. The Labute approximate surface area is 94.9 Å². The summed E-state index contributed by atoms with van der Waals surface area (Å²) in [6, 6.07) is 0.212. The first kappa shape index (κ1) is 11.0. The first-order valence-electron chi connectivity index (χ1n) is 5.49. The van der Waals surface area contributed by atoms with Gasteiger partial charge >= 0.3 is 0 Å². The van der Waals surface area contributed by atoms with Gasteiger partial charge in [0.25, 0.3) is 5.91 Å². The van der Waals surface area contributed by atoms with Crippen LogP contribution in [0.25, 0.3) is 0 Å². The quantitative estimate of drug-likeness (QED) is 0.735. The van der Waals surface area contributed by atoms with Gasteiger partial charge in [-0.3, -0.25) is 9.78 Å². The molecule has 0 bridgehead atoms. The fourth-order valence-electron chi connectivity index (χ4n) is 1.79. The van der Waals surface area contributed by atoms with Gasteiger partial charge in [0.15, 0.2) is 0 Å². The van der Waals surface area contributed by atoms with E-state index in [0.29, 0.717) is 5.69 Å². The van der Waals surface area contributed by atoms with Crippen molar-refractivity contribution in [3.05, 3.63) is 23.8 Å². The zero-order valence-corrected chi connectivity index (χ0v) is 9.60. The minimum absolute atomic E-state index is 0.0264. The maximum absolute atomic E-state index is 12.1. The van der Waals surface area contributed by atoms with Crippen molar-refractivity contribution >= 4 is 5.91 Å². The largest absolute Gasteiger partial charge is 0.332 e. The van der Waals surface area contributed by atoms with Gasteiger partial charge in [-0.1, -0.05) is 0 Å². The lowest BCUT2D eigenvalue weighted by Crippen LogP contribution is -2.52. The van der Waals surface area contributed by atoms with E-state index < -0.39 is 0 Å². The second kappa shape index (κ2) is 4.57. The van der Waals surface area contributed by atoms with Crippen LogP contribution in [0.1, 0.15) is 23.1 Å². The molecule has 1 aliphatic rings. The van der Waals surface area contributed by atoms with E-state index in [2.05, 4.69) is 15.3 Å². The van der Waals surface area contributed by atoms with Gasteiger partial charge in [-0.25, -0.2) is 4.98 Å². The molecule has 1 aromatic rings. The third kappa shape index (κ3) is 2.19. The van der Waals surface area contributed by atoms with E-state index >= 15 is 0 Å². The third-order valence-electron chi connectivity index (χ3n) is 2.76. The predicted molar refractivity (Wildman–Crippen MR) is 60.1 cm³/mol. The summed E-state index contributed by atoms with van der Waals surface area (Å²) in [6.45, 7) is 6.30. The number of nitrogens with zero attached hydrogens (tertiary/aromatic N) is 3. The van der Waals surface area contributed by atoms with Crippen molar-refractivity contribution in [1.29, 1.82) is 0 Å². The Morgan fingerprint density at radius 2 is 2.31 bits per heavy atom. The Morgan fingerprint density at radius 1 is 1.50 bits per heavy atom. The van der Waals surface area contributed by atoms with Gasteiger partial charge in [0, 0.05) is 31.9 Å². The molecule has 16 heavy (non-hydrogen) atoms. The molecule has 1 saturated heterocycles. The molecular formula is C11H16N4O. The molecular weight excluding hydrogens is 204 g/mol. The number of aromatic nitrogens is 2. The van der Waals surface area contributed by atoms with Gasteiger partial charge in [0.1, 0.15) is 5.69 Å². The number of aryl methyl sites for hydroxylation is 1. The number of amides is 1. The second-order valence-corrected chi connectivity index (χ2v) is 4.09. The molecule has 2 heterocycles. The van der Waals surface area contributed by atoms with Crippen molar-refractivity contribution in [1.82, 2.24) is 20.2 Å². The maximum atomic E-state index is 12.1. The minimum Gasteiger partial charge on any atom is -0.332 e. The summed E-state index contributed by atoms with van der Waals surface area (Å²) in [6.07, 6.45) is 3.17. The molecule has 0 spiro atoms. The summed E-state index contributed by atoms with van der Waals surface area (Å²) < 4.78 is 0. The lowest BCUT2D eigenvalue weighted by Gasteiger charge is -2.33. The van der Waals surface area contributed by atoms with Crippen LogP contribution in [0.15, 0.2) is 12.4 Å². The van der Waals surface area contributed by atoms with E-state index in [1.165, 1.54) is 0 Å². The highest BCUT2D eigenvalue weighted by Gasteiger charge is 2.24. The monoisotopic (exact) mass is 220 g/mol. The fourth-order valence-corrected chi connectivity index (χ4v) is 1.79. The zero-order chi connectivity index (χ0) is 11.5. The van der Waals surface area contributed by atoms with E-state index in [4.69, 9.17) is 0 Å². The van der Waals surface area contributed by atoms with Crippen LogP contribution in [0, 0.1) is 6.92 Å². The van der Waals surface area contributed by atoms with Crippen LogP contribution in [0.4, 0.5) is 0 Å². The average molecular weight is 220 g/mol. The van der Waals surface area contributed by atoms with Crippen LogP contribution in [-0.4, -0.2) is 46.5 Å². The molecule has 1 aromatic heterocycles. The van der Waals surface area contributed by atoms with Crippen LogP contribution in [-0.2, 0) is 0 Å². The molecule has 0 radical (unpaired) electrons. The van der Waals surface area contributed by atoms with Gasteiger partial charge < -0.3 is 10.2 Å². The molecule has 0 aromatic carbocycles. The fraction of sp³-hybridized carbons (Fsp3) is 0.545. The second-order valence-electron chi connectivity index (χ2n) is 4.09. The minimum atomic E-state index is -0.0264. The van der Waals surface area contributed by atoms with Crippen LogP contribution in [0.5, 0.6) is 0 Å². The number of rotatable bonds is 1. The van der Waals surface area contributed by atoms with Gasteiger partial charge in [-0.05, 0) is 13.8 Å². The Balaban J connectivity index is 2.14. The molecule has 1 N–H and O–H groups in total. The summed E-state index contributed by atoms with van der Waals surface area (Å²) in [7, 11) is 0. The SMILES string of the molecule is Cc1cnc(C(=O)N2CCNC[C@@H]2C)cn1.